The van der Waals surface area contributed by atoms with E-state index in [2.05, 4.69) is 0 Å². The topological polar surface area (TPSA) is 63.3 Å². The van der Waals surface area contributed by atoms with Gasteiger partial charge in [0.25, 0.3) is 0 Å². The van der Waals surface area contributed by atoms with E-state index in [-0.39, 0.29) is 0 Å². The van der Waals surface area contributed by atoms with Crippen LogP contribution in [0.2, 0.25) is 0 Å². The van der Waals surface area contributed by atoms with Gasteiger partial charge in [-0.05, 0) is 25.8 Å². The van der Waals surface area contributed by atoms with E-state index in [1.165, 1.54) is 96.0 Å². The smallest absolute Gasteiger partial charge is 0.327 e. The van der Waals surface area contributed by atoms with Gasteiger partial charge in [-0.2, -0.15) is 0 Å². The van der Waals surface area contributed by atoms with Gasteiger partial charge in [-0.1, -0.05) is 89.5 Å². The van der Waals surface area contributed by atoms with Gasteiger partial charge in [0.05, 0.1) is 0 Å². The summed E-state index contributed by atoms with van der Waals surface area (Å²) in [6.45, 7) is 0.849. The number of hydrogen-bond donors (Lipinski definition) is 2. The van der Waals surface area contributed by atoms with Crippen molar-refractivity contribution in [2.75, 3.05) is 6.54 Å². The minimum Gasteiger partial charge on any atom is -0.478 e. The highest BCUT2D eigenvalue weighted by Crippen LogP contribution is 2.13. The molecule has 0 saturated carbocycles. The lowest BCUT2D eigenvalue weighted by molar-refractivity contribution is -0.131. The number of allylic oxidation sites excluding steroid dienone is 1. The predicted octanol–water partition coefficient (Wildman–Crippen LogP) is 5.83. The van der Waals surface area contributed by atoms with E-state index >= 15 is 0 Å². The lowest BCUT2D eigenvalue weighted by Gasteiger charge is -2.03. The minimum atomic E-state index is -0.836. The molecule has 23 heavy (non-hydrogen) atoms. The lowest BCUT2D eigenvalue weighted by atomic mass is 10.0. The van der Waals surface area contributed by atoms with Crippen molar-refractivity contribution in [3.63, 3.8) is 0 Å². The molecular weight excluding hydrogens is 286 g/mol. The van der Waals surface area contributed by atoms with Crippen LogP contribution < -0.4 is 5.73 Å². The third-order valence-electron chi connectivity index (χ3n) is 4.34. The quantitative estimate of drug-likeness (QED) is 0.246. The molecule has 0 aliphatic heterocycles. The highest BCUT2D eigenvalue weighted by molar-refractivity contribution is 5.79. The molecule has 0 heterocycles. The summed E-state index contributed by atoms with van der Waals surface area (Å²) in [5, 5.41) is 8.46. The van der Waals surface area contributed by atoms with Gasteiger partial charge in [-0.25, -0.2) is 4.79 Å². The molecule has 0 saturated heterocycles. The van der Waals surface area contributed by atoms with Crippen molar-refractivity contribution in [2.45, 2.75) is 103 Å². The second-order valence-corrected chi connectivity index (χ2v) is 6.62. The number of hydrogen-bond acceptors (Lipinski definition) is 2. The molecule has 0 radical (unpaired) electrons. The fourth-order valence-electron chi connectivity index (χ4n) is 2.89. The maximum Gasteiger partial charge on any atom is 0.327 e. The van der Waals surface area contributed by atoms with Crippen molar-refractivity contribution in [1.29, 1.82) is 0 Å². The average molecular weight is 326 g/mol. The summed E-state index contributed by atoms with van der Waals surface area (Å²) in [6.07, 6.45) is 23.9. The number of carboxylic acid groups (broad SMARTS) is 1. The van der Waals surface area contributed by atoms with Crippen LogP contribution in [0.25, 0.3) is 0 Å². The SMILES string of the molecule is NCCCCCCCCCCCCCCCCC/C=C/C(=O)O. The van der Waals surface area contributed by atoms with Gasteiger partial charge < -0.3 is 10.8 Å². The van der Waals surface area contributed by atoms with E-state index in [1.807, 2.05) is 0 Å². The van der Waals surface area contributed by atoms with Gasteiger partial charge >= 0.3 is 5.97 Å². The standard InChI is InChI=1S/C20H39NO2/c21-19-17-15-13-11-9-7-5-3-1-2-4-6-8-10-12-14-16-18-20(22)23/h16,18H,1-15,17,19,21H2,(H,22,23)/b18-16+. The first-order chi connectivity index (χ1) is 11.3. The Kier molecular flexibility index (Phi) is 18.5. The van der Waals surface area contributed by atoms with Crippen LogP contribution in [0, 0.1) is 0 Å². The molecule has 0 unspecified atom stereocenters. The molecule has 3 N–H and O–H groups in total. The minimum absolute atomic E-state index is 0.836. The zero-order valence-electron chi connectivity index (χ0n) is 15.1. The molecule has 0 aromatic rings. The summed E-state index contributed by atoms with van der Waals surface area (Å²) < 4.78 is 0. The summed E-state index contributed by atoms with van der Waals surface area (Å²) in [5.41, 5.74) is 5.48. The molecule has 0 aromatic carbocycles. The Morgan fingerprint density at radius 2 is 1.00 bits per heavy atom. The maximum atomic E-state index is 10.3. The second-order valence-electron chi connectivity index (χ2n) is 6.62. The van der Waals surface area contributed by atoms with Gasteiger partial charge in [-0.3, -0.25) is 0 Å². The van der Waals surface area contributed by atoms with Crippen molar-refractivity contribution in [1.82, 2.24) is 0 Å². The summed E-state index contributed by atoms with van der Waals surface area (Å²) in [7, 11) is 0. The van der Waals surface area contributed by atoms with Gasteiger partial charge in [0, 0.05) is 6.08 Å². The van der Waals surface area contributed by atoms with Gasteiger partial charge in [0.2, 0.25) is 0 Å². The van der Waals surface area contributed by atoms with E-state index in [4.69, 9.17) is 10.8 Å². The van der Waals surface area contributed by atoms with Crippen LogP contribution in [-0.4, -0.2) is 17.6 Å². The van der Waals surface area contributed by atoms with Crippen molar-refractivity contribution in [3.8, 4) is 0 Å². The largest absolute Gasteiger partial charge is 0.478 e. The maximum absolute atomic E-state index is 10.3. The zero-order valence-corrected chi connectivity index (χ0v) is 15.1. The highest BCUT2D eigenvalue weighted by Gasteiger charge is 1.94. The molecular formula is C20H39NO2. The molecule has 3 heteroatoms. The first-order valence-corrected chi connectivity index (χ1v) is 9.87. The third kappa shape index (κ3) is 21.2. The molecule has 0 spiro atoms. The first kappa shape index (κ1) is 22.2. The van der Waals surface area contributed by atoms with E-state index < -0.39 is 5.97 Å². The third-order valence-corrected chi connectivity index (χ3v) is 4.34. The monoisotopic (exact) mass is 325 g/mol. The second kappa shape index (κ2) is 19.2. The van der Waals surface area contributed by atoms with Crippen molar-refractivity contribution in [3.05, 3.63) is 12.2 Å². The average Bonchev–Trinajstić information content (AvgIpc) is 2.53. The normalized spacial score (nSPS) is 11.3. The number of aliphatic carboxylic acids is 1. The van der Waals surface area contributed by atoms with Crippen LogP contribution in [0.4, 0.5) is 0 Å². The number of nitrogens with two attached hydrogens (primary N) is 1. The molecule has 0 bridgehead atoms. The van der Waals surface area contributed by atoms with E-state index in [1.54, 1.807) is 6.08 Å². The fraction of sp³-hybridized carbons (Fsp3) is 0.850. The summed E-state index contributed by atoms with van der Waals surface area (Å²) in [6, 6.07) is 0. The number of carboxylic acids is 1. The number of rotatable bonds is 18. The Bertz CT molecular complexity index is 277. The van der Waals surface area contributed by atoms with Crippen molar-refractivity contribution >= 4 is 5.97 Å². The van der Waals surface area contributed by atoms with Crippen LogP contribution in [0.15, 0.2) is 12.2 Å². The molecule has 0 aliphatic rings. The predicted molar refractivity (Wildman–Crippen MR) is 99.7 cm³/mol. The molecule has 0 atom stereocenters. The van der Waals surface area contributed by atoms with Gasteiger partial charge in [-0.15, -0.1) is 0 Å². The molecule has 3 nitrogen and oxygen atoms in total. The molecule has 0 aliphatic carbocycles. The molecule has 136 valence electrons. The Balaban J connectivity index is 3.01. The van der Waals surface area contributed by atoms with E-state index in [0.29, 0.717) is 0 Å². The summed E-state index contributed by atoms with van der Waals surface area (Å²) in [5.74, 6) is -0.836. The van der Waals surface area contributed by atoms with Crippen LogP contribution >= 0.6 is 0 Å². The summed E-state index contributed by atoms with van der Waals surface area (Å²) in [4.78, 5) is 10.3. The van der Waals surface area contributed by atoms with Crippen LogP contribution in [0.1, 0.15) is 103 Å². The lowest BCUT2D eigenvalue weighted by Crippen LogP contribution is -1.97. The highest BCUT2D eigenvalue weighted by atomic mass is 16.4. The van der Waals surface area contributed by atoms with Crippen LogP contribution in [0.5, 0.6) is 0 Å². The van der Waals surface area contributed by atoms with Crippen LogP contribution in [-0.2, 0) is 4.79 Å². The number of carbonyl (C=O) groups is 1. The van der Waals surface area contributed by atoms with Gasteiger partial charge in [0.15, 0.2) is 0 Å². The molecule has 0 rings (SSSR count). The van der Waals surface area contributed by atoms with Crippen LogP contribution in [0.3, 0.4) is 0 Å². The Labute approximate surface area is 143 Å². The first-order valence-electron chi connectivity index (χ1n) is 9.87. The Morgan fingerprint density at radius 1 is 0.652 bits per heavy atom. The Hall–Kier alpha value is -0.830. The van der Waals surface area contributed by atoms with Gasteiger partial charge in [0.1, 0.15) is 0 Å². The van der Waals surface area contributed by atoms with E-state index in [0.717, 1.165) is 19.4 Å². The zero-order chi connectivity index (χ0) is 17.0. The fourth-order valence-corrected chi connectivity index (χ4v) is 2.89. The summed E-state index contributed by atoms with van der Waals surface area (Å²) >= 11 is 0. The van der Waals surface area contributed by atoms with E-state index in [9.17, 15) is 4.79 Å². The number of unbranched alkanes of at least 4 members (excludes halogenated alkanes) is 15. The van der Waals surface area contributed by atoms with Crippen molar-refractivity contribution in [2.24, 2.45) is 5.73 Å². The molecule has 0 aromatic heterocycles. The molecule has 0 amide bonds. The Morgan fingerprint density at radius 3 is 1.35 bits per heavy atom. The van der Waals surface area contributed by atoms with Crippen molar-refractivity contribution < 1.29 is 9.90 Å². The molecule has 0 fully saturated rings.